The molecule has 3 aromatic carbocycles. The quantitative estimate of drug-likeness (QED) is 0.206. The lowest BCUT2D eigenvalue weighted by Gasteiger charge is -2.37. The van der Waals surface area contributed by atoms with Crippen molar-refractivity contribution in [2.75, 3.05) is 32.2 Å². The Morgan fingerprint density at radius 3 is 2.06 bits per heavy atom. The van der Waals surface area contributed by atoms with Crippen molar-refractivity contribution >= 4 is 39.8 Å². The lowest BCUT2D eigenvalue weighted by Crippen LogP contribution is -2.36. The van der Waals surface area contributed by atoms with Gasteiger partial charge in [0.05, 0.1) is 24.7 Å². The number of hydrogen-bond acceptors (Lipinski definition) is 3. The highest BCUT2D eigenvalue weighted by Gasteiger charge is 2.52. The lowest BCUT2D eigenvalue weighted by molar-refractivity contribution is -0.437. The molecule has 8 rings (SSSR count). The Kier molecular flexibility index (Phi) is 9.72. The Balaban J connectivity index is 1.24. The molecule has 0 radical (unpaired) electrons. The highest BCUT2D eigenvalue weighted by Crippen LogP contribution is 2.57. The second kappa shape index (κ2) is 14.4. The van der Waals surface area contributed by atoms with Crippen LogP contribution in [0.1, 0.15) is 113 Å². The number of anilines is 1. The van der Waals surface area contributed by atoms with Crippen molar-refractivity contribution in [2.45, 2.75) is 102 Å². The van der Waals surface area contributed by atoms with Crippen molar-refractivity contribution < 1.29 is 14.0 Å². The van der Waals surface area contributed by atoms with Crippen molar-refractivity contribution in [1.82, 2.24) is 0 Å². The summed E-state index contributed by atoms with van der Waals surface area (Å²) in [5.41, 5.74) is 13.0. The monoisotopic (exact) mass is 713 g/mol. The molecule has 0 atom stereocenters. The molecule has 0 saturated heterocycles. The van der Waals surface area contributed by atoms with E-state index < -0.39 is 0 Å². The van der Waals surface area contributed by atoms with Gasteiger partial charge in [0.25, 0.3) is 0 Å². The number of hydrogen-bond donors (Lipinski definition) is 0. The molecule has 0 aromatic heterocycles. The maximum atomic E-state index is 7.55. The van der Waals surface area contributed by atoms with Crippen LogP contribution in [0.2, 0.25) is 0 Å². The number of halogens is 1. The highest BCUT2D eigenvalue weighted by atomic mass is 35.5. The van der Waals surface area contributed by atoms with Gasteiger partial charge in [-0.1, -0.05) is 94.3 Å². The summed E-state index contributed by atoms with van der Waals surface area (Å²) < 4.78 is 14.1. The number of benzene rings is 3. The molecule has 270 valence electrons. The summed E-state index contributed by atoms with van der Waals surface area (Å²) in [5.74, 6) is 1.89. The van der Waals surface area contributed by atoms with E-state index in [2.05, 4.69) is 108 Å². The van der Waals surface area contributed by atoms with Crippen LogP contribution in [0.5, 0.6) is 11.5 Å². The maximum absolute atomic E-state index is 7.55. The molecular weight excluding hydrogens is 660 g/mol. The fourth-order valence-electron chi connectivity index (χ4n) is 10.3. The zero-order chi connectivity index (χ0) is 35.9. The van der Waals surface area contributed by atoms with Crippen molar-refractivity contribution in [1.29, 1.82) is 0 Å². The van der Waals surface area contributed by atoms with Gasteiger partial charge in [0.15, 0.2) is 5.71 Å². The second-order valence-electron chi connectivity index (χ2n) is 15.5. The number of rotatable bonds is 9. The fourth-order valence-corrected chi connectivity index (χ4v) is 10.7. The van der Waals surface area contributed by atoms with Gasteiger partial charge >= 0.3 is 0 Å². The summed E-state index contributed by atoms with van der Waals surface area (Å²) in [5, 5.41) is 0.837. The van der Waals surface area contributed by atoms with Crippen LogP contribution in [0, 0.1) is 0 Å². The van der Waals surface area contributed by atoms with E-state index in [1.165, 1.54) is 109 Å². The molecule has 0 bridgehead atoms. The van der Waals surface area contributed by atoms with Crippen LogP contribution in [0.25, 0.3) is 11.1 Å². The van der Waals surface area contributed by atoms with Crippen LogP contribution in [0.4, 0.5) is 11.4 Å². The number of fused-ring (bicyclic) bond motifs is 5. The van der Waals surface area contributed by atoms with E-state index in [4.69, 9.17) is 21.1 Å². The van der Waals surface area contributed by atoms with Gasteiger partial charge in [-0.15, -0.1) is 0 Å². The minimum atomic E-state index is -0.000744. The summed E-state index contributed by atoms with van der Waals surface area (Å²) >= 11 is 7.55. The normalized spacial score (nSPS) is 21.6. The molecule has 4 nitrogen and oxygen atoms in total. The summed E-state index contributed by atoms with van der Waals surface area (Å²) in [6, 6.07) is 22.2. The number of allylic oxidation sites excluding steroid dienone is 8. The topological polar surface area (TPSA) is 24.7 Å². The van der Waals surface area contributed by atoms with Crippen LogP contribution in [-0.4, -0.2) is 37.6 Å². The van der Waals surface area contributed by atoms with Crippen LogP contribution in [0.15, 0.2) is 95.7 Å². The Morgan fingerprint density at radius 2 is 1.38 bits per heavy atom. The Hall–Kier alpha value is -4.02. The van der Waals surface area contributed by atoms with E-state index in [0.29, 0.717) is 0 Å². The van der Waals surface area contributed by atoms with E-state index >= 15 is 0 Å². The Bertz CT molecular complexity index is 2020. The van der Waals surface area contributed by atoms with Crippen molar-refractivity contribution in [3.8, 4) is 11.5 Å². The van der Waals surface area contributed by atoms with Crippen molar-refractivity contribution in [3.63, 3.8) is 0 Å². The molecule has 0 amide bonds. The standard InChI is InChI=1S/C47H54ClN2O2/c1-5-29-49-41-21-17-33(51-3)31-39(41)46(25-11-7-12-26-46)43(49)23-19-37-35-15-9-10-16-36(35)38(45(37)48)20-24-44-47(27-13-8-14-28-47)40-32-34(52-4)18-22-42(40)50(44)30-6-2/h9-10,15-24,31-32H,5-8,11-14,25-30H2,1-4H3/q+1. The average molecular weight is 714 g/mol. The van der Waals surface area contributed by atoms with E-state index in [9.17, 15) is 0 Å². The van der Waals surface area contributed by atoms with Gasteiger partial charge in [-0.3, -0.25) is 0 Å². The number of methoxy groups -OCH3 is 2. The highest BCUT2D eigenvalue weighted by molar-refractivity contribution is 6.42. The third-order valence-corrected chi connectivity index (χ3v) is 13.1. The summed E-state index contributed by atoms with van der Waals surface area (Å²) in [4.78, 5) is 2.59. The van der Waals surface area contributed by atoms with E-state index in [1.807, 2.05) is 0 Å². The summed E-state index contributed by atoms with van der Waals surface area (Å²) in [7, 11) is 3.56. The average Bonchev–Trinajstić information content (AvgIpc) is 3.69. The molecular formula is C47H54ClN2O2+. The Morgan fingerprint density at radius 1 is 0.731 bits per heavy atom. The predicted molar refractivity (Wildman–Crippen MR) is 218 cm³/mol. The molecule has 2 fully saturated rings. The SMILES string of the molecule is CCCN1C(=CC=C2C(Cl)=C(C=CC3=[N+](CCC)c4ccc(OC)cc4C34CCCCC4)c3ccccc32)C2(CCCCC2)c2cc(OC)ccc21. The van der Waals surface area contributed by atoms with Crippen molar-refractivity contribution in [2.24, 2.45) is 0 Å². The van der Waals surface area contributed by atoms with Gasteiger partial charge in [-0.25, -0.2) is 0 Å². The lowest BCUT2D eigenvalue weighted by atomic mass is 9.67. The molecule has 2 heterocycles. The first-order chi connectivity index (χ1) is 25.5. The molecule has 0 unspecified atom stereocenters. The molecule has 5 heteroatoms. The fraction of sp³-hybridized carbons (Fsp3) is 0.426. The minimum Gasteiger partial charge on any atom is -0.497 e. The van der Waals surface area contributed by atoms with Gasteiger partial charge in [-0.2, -0.15) is 4.58 Å². The summed E-state index contributed by atoms with van der Waals surface area (Å²) in [6.07, 6.45) is 23.9. The maximum Gasteiger partial charge on any atom is 0.210 e. The molecule has 0 N–H and O–H groups in total. The second-order valence-corrected chi connectivity index (χ2v) is 15.9. The van der Waals surface area contributed by atoms with Gasteiger partial charge in [0.1, 0.15) is 18.0 Å². The summed E-state index contributed by atoms with van der Waals surface area (Å²) in [6.45, 7) is 6.56. The first-order valence-corrected chi connectivity index (χ1v) is 20.3. The van der Waals surface area contributed by atoms with E-state index in [-0.39, 0.29) is 10.8 Å². The molecule has 52 heavy (non-hydrogen) atoms. The number of nitrogens with zero attached hydrogens (tertiary/aromatic N) is 2. The van der Waals surface area contributed by atoms with Crippen LogP contribution in [0.3, 0.4) is 0 Å². The molecule has 3 aromatic rings. The third-order valence-electron chi connectivity index (χ3n) is 12.7. The smallest absolute Gasteiger partial charge is 0.210 e. The molecule has 2 saturated carbocycles. The van der Waals surface area contributed by atoms with E-state index in [0.717, 1.165) is 53.6 Å². The van der Waals surface area contributed by atoms with Crippen LogP contribution in [-0.2, 0) is 10.8 Å². The molecule has 2 spiro atoms. The van der Waals surface area contributed by atoms with Gasteiger partial charge in [0, 0.05) is 58.6 Å². The van der Waals surface area contributed by atoms with Crippen molar-refractivity contribution in [3.05, 3.63) is 118 Å². The van der Waals surface area contributed by atoms with Gasteiger partial charge < -0.3 is 14.4 Å². The molecule has 3 aliphatic carbocycles. The molecule has 5 aliphatic rings. The predicted octanol–water partition coefficient (Wildman–Crippen LogP) is 12.0. The zero-order valence-corrected chi connectivity index (χ0v) is 32.3. The first-order valence-electron chi connectivity index (χ1n) is 19.9. The zero-order valence-electron chi connectivity index (χ0n) is 31.6. The minimum absolute atomic E-state index is 0.000744. The van der Waals surface area contributed by atoms with E-state index in [1.54, 1.807) is 14.2 Å². The molecule has 2 aliphatic heterocycles. The largest absolute Gasteiger partial charge is 0.497 e. The van der Waals surface area contributed by atoms with Crippen LogP contribution < -0.4 is 14.4 Å². The third kappa shape index (κ3) is 5.59. The Labute approximate surface area is 316 Å². The van der Waals surface area contributed by atoms with Crippen LogP contribution >= 0.6 is 11.6 Å². The van der Waals surface area contributed by atoms with Gasteiger partial charge in [-0.05, 0) is 91.3 Å². The van der Waals surface area contributed by atoms with Gasteiger partial charge in [0.2, 0.25) is 5.69 Å². The first kappa shape index (κ1) is 35.0. The number of ether oxygens (including phenoxy) is 2.